The fourth-order valence-corrected chi connectivity index (χ4v) is 4.74. The van der Waals surface area contributed by atoms with Gasteiger partial charge in [0, 0.05) is 5.56 Å². The highest BCUT2D eigenvalue weighted by Crippen LogP contribution is 2.31. The van der Waals surface area contributed by atoms with Gasteiger partial charge in [0.05, 0.1) is 17.2 Å². The summed E-state index contributed by atoms with van der Waals surface area (Å²) in [4.78, 5) is 16.5. The SMILES string of the molecule is C=C(C)COc1c(I)cc(/C=C2\N=C(c3ccc(Cl)c(Cl)c3)OC2=O)cc1I. The molecule has 0 aliphatic carbocycles. The van der Waals surface area contributed by atoms with Gasteiger partial charge in [-0.2, -0.15) is 0 Å². The van der Waals surface area contributed by atoms with Crippen LogP contribution in [0.5, 0.6) is 5.75 Å². The summed E-state index contributed by atoms with van der Waals surface area (Å²) >= 11 is 16.4. The van der Waals surface area contributed by atoms with E-state index in [9.17, 15) is 4.79 Å². The van der Waals surface area contributed by atoms with Crippen molar-refractivity contribution in [3.05, 3.63) is 76.5 Å². The van der Waals surface area contributed by atoms with Crippen LogP contribution in [0.15, 0.2) is 53.2 Å². The highest BCUT2D eigenvalue weighted by Gasteiger charge is 2.25. The van der Waals surface area contributed by atoms with Gasteiger partial charge in [0.15, 0.2) is 5.70 Å². The normalized spacial score (nSPS) is 14.8. The molecule has 144 valence electrons. The van der Waals surface area contributed by atoms with Crippen molar-refractivity contribution in [3.63, 3.8) is 0 Å². The van der Waals surface area contributed by atoms with Crippen molar-refractivity contribution in [2.24, 2.45) is 4.99 Å². The first-order valence-electron chi connectivity index (χ1n) is 7.99. The molecule has 0 atom stereocenters. The Labute approximate surface area is 199 Å². The predicted octanol–water partition coefficient (Wildman–Crippen LogP) is 6.50. The van der Waals surface area contributed by atoms with Crippen LogP contribution in [0.25, 0.3) is 6.08 Å². The lowest BCUT2D eigenvalue weighted by atomic mass is 10.2. The molecular formula is C20H13Cl2I2NO3. The summed E-state index contributed by atoms with van der Waals surface area (Å²) in [6, 6.07) is 8.78. The van der Waals surface area contributed by atoms with E-state index < -0.39 is 5.97 Å². The highest BCUT2D eigenvalue weighted by atomic mass is 127. The maximum atomic E-state index is 12.2. The number of halogens is 4. The topological polar surface area (TPSA) is 47.9 Å². The van der Waals surface area contributed by atoms with Crippen molar-refractivity contribution in [2.45, 2.75) is 6.92 Å². The number of carbonyl (C=O) groups is 1. The molecule has 0 amide bonds. The number of esters is 1. The molecule has 3 rings (SSSR count). The van der Waals surface area contributed by atoms with Crippen LogP contribution in [0.3, 0.4) is 0 Å². The number of rotatable bonds is 5. The minimum Gasteiger partial charge on any atom is -0.487 e. The number of carbonyl (C=O) groups excluding carboxylic acids is 1. The smallest absolute Gasteiger partial charge is 0.363 e. The Morgan fingerprint density at radius 3 is 2.50 bits per heavy atom. The van der Waals surface area contributed by atoms with E-state index in [0.717, 1.165) is 24.0 Å². The van der Waals surface area contributed by atoms with Crippen molar-refractivity contribution in [3.8, 4) is 5.75 Å². The van der Waals surface area contributed by atoms with Crippen LogP contribution >= 0.6 is 68.4 Å². The maximum Gasteiger partial charge on any atom is 0.363 e. The van der Waals surface area contributed by atoms with Gasteiger partial charge in [-0.05, 0) is 99.6 Å². The Bertz CT molecular complexity index is 1020. The summed E-state index contributed by atoms with van der Waals surface area (Å²) in [5.74, 6) is 0.467. The molecule has 4 nitrogen and oxygen atoms in total. The van der Waals surface area contributed by atoms with Gasteiger partial charge in [0.25, 0.3) is 0 Å². The van der Waals surface area contributed by atoms with Crippen molar-refractivity contribution < 1.29 is 14.3 Å². The van der Waals surface area contributed by atoms with Gasteiger partial charge in [-0.3, -0.25) is 0 Å². The lowest BCUT2D eigenvalue weighted by molar-refractivity contribution is -0.129. The standard InChI is InChI=1S/C20H13Cl2I2NO3/c1-10(2)9-27-18-15(23)5-11(6-16(18)24)7-17-20(26)28-19(25-17)12-3-4-13(21)14(22)8-12/h3-8H,1,9H2,2H3/b17-7-. The zero-order valence-corrected chi connectivity index (χ0v) is 20.4. The molecular weight excluding hydrogens is 627 g/mol. The lowest BCUT2D eigenvalue weighted by Gasteiger charge is -2.11. The zero-order chi connectivity index (χ0) is 20.4. The minimum absolute atomic E-state index is 0.195. The number of cyclic esters (lactones) is 1. The molecule has 1 heterocycles. The van der Waals surface area contributed by atoms with E-state index in [1.165, 1.54) is 0 Å². The summed E-state index contributed by atoms with van der Waals surface area (Å²) < 4.78 is 12.9. The molecule has 1 aliphatic rings. The zero-order valence-electron chi connectivity index (χ0n) is 14.6. The fourth-order valence-electron chi connectivity index (χ4n) is 2.32. The van der Waals surface area contributed by atoms with Gasteiger partial charge < -0.3 is 9.47 Å². The summed E-state index contributed by atoms with van der Waals surface area (Å²) in [6.07, 6.45) is 1.68. The Kier molecular flexibility index (Phi) is 7.06. The molecule has 0 unspecified atom stereocenters. The third-order valence-electron chi connectivity index (χ3n) is 3.57. The monoisotopic (exact) mass is 639 g/mol. The van der Waals surface area contributed by atoms with Crippen LogP contribution in [0, 0.1) is 7.14 Å². The quantitative estimate of drug-likeness (QED) is 0.162. The number of ether oxygens (including phenoxy) is 2. The van der Waals surface area contributed by atoms with E-state index in [1.807, 2.05) is 19.1 Å². The Hall–Kier alpha value is -1.10. The van der Waals surface area contributed by atoms with E-state index in [0.29, 0.717) is 22.2 Å². The second-order valence-electron chi connectivity index (χ2n) is 6.02. The van der Waals surface area contributed by atoms with Crippen LogP contribution < -0.4 is 4.74 Å². The molecule has 28 heavy (non-hydrogen) atoms. The molecule has 8 heteroatoms. The summed E-state index contributed by atoms with van der Waals surface area (Å²) in [5, 5.41) is 0.786. The third kappa shape index (κ3) is 5.08. The summed E-state index contributed by atoms with van der Waals surface area (Å²) in [5.41, 5.74) is 2.56. The van der Waals surface area contributed by atoms with Crippen molar-refractivity contribution in [2.75, 3.05) is 6.61 Å². The first-order chi connectivity index (χ1) is 13.2. The molecule has 0 saturated heterocycles. The number of nitrogens with zero attached hydrogens (tertiary/aromatic N) is 1. The molecule has 0 aromatic heterocycles. The molecule has 0 spiro atoms. The molecule has 2 aromatic rings. The molecule has 0 N–H and O–H groups in total. The summed E-state index contributed by atoms with van der Waals surface area (Å²) in [7, 11) is 0. The van der Waals surface area contributed by atoms with Gasteiger partial charge in [0.1, 0.15) is 12.4 Å². The second kappa shape index (κ2) is 9.15. The third-order valence-corrected chi connectivity index (χ3v) is 5.92. The maximum absolute atomic E-state index is 12.2. The van der Waals surface area contributed by atoms with Crippen molar-refractivity contribution >= 4 is 86.3 Å². The van der Waals surface area contributed by atoms with Gasteiger partial charge in [-0.15, -0.1) is 0 Å². The largest absolute Gasteiger partial charge is 0.487 e. The lowest BCUT2D eigenvalue weighted by Crippen LogP contribution is -2.05. The molecule has 2 aromatic carbocycles. The molecule has 0 fully saturated rings. The second-order valence-corrected chi connectivity index (χ2v) is 9.16. The molecule has 0 saturated carbocycles. The van der Waals surface area contributed by atoms with E-state index in [1.54, 1.807) is 24.3 Å². The highest BCUT2D eigenvalue weighted by molar-refractivity contribution is 14.1. The van der Waals surface area contributed by atoms with Crippen LogP contribution in [0.2, 0.25) is 10.0 Å². The predicted molar refractivity (Wildman–Crippen MR) is 129 cm³/mol. The van der Waals surface area contributed by atoms with Crippen LogP contribution in [-0.4, -0.2) is 18.5 Å². The van der Waals surface area contributed by atoms with E-state index in [2.05, 4.69) is 56.8 Å². The van der Waals surface area contributed by atoms with E-state index in [-0.39, 0.29) is 11.6 Å². The first kappa shape index (κ1) is 21.6. The van der Waals surface area contributed by atoms with E-state index >= 15 is 0 Å². The van der Waals surface area contributed by atoms with E-state index in [4.69, 9.17) is 32.7 Å². The van der Waals surface area contributed by atoms with Crippen LogP contribution in [-0.2, 0) is 9.53 Å². The fraction of sp³-hybridized carbons (Fsp3) is 0.100. The number of benzene rings is 2. The number of hydrogen-bond donors (Lipinski definition) is 0. The van der Waals surface area contributed by atoms with Crippen LogP contribution in [0.4, 0.5) is 0 Å². The molecule has 0 radical (unpaired) electrons. The average Bonchev–Trinajstić information content (AvgIpc) is 2.97. The molecule has 0 bridgehead atoms. The Morgan fingerprint density at radius 2 is 1.89 bits per heavy atom. The van der Waals surface area contributed by atoms with Crippen LogP contribution in [0.1, 0.15) is 18.1 Å². The Balaban J connectivity index is 1.90. The number of hydrogen-bond acceptors (Lipinski definition) is 4. The number of aliphatic imine (C=N–C) groups is 1. The molecule has 1 aliphatic heterocycles. The minimum atomic E-state index is -0.520. The van der Waals surface area contributed by atoms with Gasteiger partial charge >= 0.3 is 5.97 Å². The van der Waals surface area contributed by atoms with Gasteiger partial charge in [0.2, 0.25) is 5.90 Å². The summed E-state index contributed by atoms with van der Waals surface area (Å²) in [6.45, 7) is 6.21. The van der Waals surface area contributed by atoms with Gasteiger partial charge in [-0.25, -0.2) is 9.79 Å². The van der Waals surface area contributed by atoms with Crippen molar-refractivity contribution in [1.29, 1.82) is 0 Å². The first-order valence-corrected chi connectivity index (χ1v) is 10.9. The van der Waals surface area contributed by atoms with Gasteiger partial charge in [-0.1, -0.05) is 29.8 Å². The average molecular weight is 640 g/mol. The Morgan fingerprint density at radius 1 is 1.21 bits per heavy atom. The van der Waals surface area contributed by atoms with Crippen molar-refractivity contribution in [1.82, 2.24) is 0 Å².